The van der Waals surface area contributed by atoms with E-state index in [-0.39, 0.29) is 76.5 Å². The number of carbonyl (C=O) groups excluding carboxylic acids is 4. The van der Waals surface area contributed by atoms with Gasteiger partial charge in [0.1, 0.15) is 49.0 Å². The molecule has 15 nitrogen and oxygen atoms in total. The molecule has 4 N–H and O–H groups in total. The number of halogens is 1. The van der Waals surface area contributed by atoms with Crippen LogP contribution in [0, 0.1) is 27.6 Å². The summed E-state index contributed by atoms with van der Waals surface area (Å²) in [6.45, 7) is 14.3. The van der Waals surface area contributed by atoms with Crippen LogP contribution in [0.4, 0.5) is 0 Å². The summed E-state index contributed by atoms with van der Waals surface area (Å²) in [4.78, 5) is 60.1. The zero-order valence-electron chi connectivity index (χ0n) is 38.4. The molecule has 1 saturated heterocycles. The van der Waals surface area contributed by atoms with Gasteiger partial charge in [-0.15, -0.1) is 11.3 Å². The molecule has 2 aliphatic rings. The van der Waals surface area contributed by atoms with Crippen LogP contribution in [-0.2, 0) is 30.4 Å². The number of carbonyl (C=O) groups is 4. The molecule has 1 saturated carbocycles. The molecule has 2 fully saturated rings. The van der Waals surface area contributed by atoms with Crippen LogP contribution in [0.3, 0.4) is 0 Å². The van der Waals surface area contributed by atoms with Crippen LogP contribution in [0.25, 0.3) is 10.4 Å². The minimum Gasteiger partial charge on any atom is -0.491 e. The number of ether oxygens (including phenoxy) is 4. The lowest BCUT2D eigenvalue weighted by Crippen LogP contribution is -2.74. The van der Waals surface area contributed by atoms with Gasteiger partial charge in [-0.05, 0) is 52.9 Å². The molecular weight excluding hydrogens is 884 g/mol. The zero-order chi connectivity index (χ0) is 47.8. The van der Waals surface area contributed by atoms with Crippen molar-refractivity contribution in [3.8, 4) is 28.0 Å². The highest BCUT2D eigenvalue weighted by Crippen LogP contribution is 2.55. The maximum absolute atomic E-state index is 13.9. The topological polar surface area (TPSA) is 201 Å². The number of nitrogens with one attached hydrogen (secondary N) is 3. The highest BCUT2D eigenvalue weighted by atomic mass is 35.5. The summed E-state index contributed by atoms with van der Waals surface area (Å²) in [6.07, 6.45) is 0.777. The summed E-state index contributed by atoms with van der Waals surface area (Å²) in [5.41, 5.74) is 3.02. The predicted molar refractivity (Wildman–Crippen MR) is 250 cm³/mol. The van der Waals surface area contributed by atoms with Gasteiger partial charge in [0.2, 0.25) is 17.7 Å². The number of hydrogen-bond acceptors (Lipinski definition) is 12. The third-order valence-corrected chi connectivity index (χ3v) is 13.2. The lowest BCUT2D eigenvalue weighted by atomic mass is 9.49. The summed E-state index contributed by atoms with van der Waals surface area (Å²) in [5, 5.41) is 28.9. The van der Waals surface area contributed by atoms with Crippen molar-refractivity contribution < 1.29 is 43.2 Å². The molecule has 4 amide bonds. The Morgan fingerprint density at radius 2 is 1.62 bits per heavy atom. The van der Waals surface area contributed by atoms with Crippen LogP contribution in [0.1, 0.15) is 76.4 Å². The number of β-amino-alcohol motifs (C(OH)–C–C–N with tert-alkyl or cyclic N) is 1. The molecular formula is C49H59ClN6O9S. The fourth-order valence-corrected chi connectivity index (χ4v) is 9.73. The summed E-state index contributed by atoms with van der Waals surface area (Å²) < 4.78 is 23.3. The summed E-state index contributed by atoms with van der Waals surface area (Å²) in [7, 11) is 0. The molecule has 66 heavy (non-hydrogen) atoms. The number of thiazole rings is 1. The maximum atomic E-state index is 13.9. The van der Waals surface area contributed by atoms with E-state index in [1.54, 1.807) is 54.2 Å². The van der Waals surface area contributed by atoms with Gasteiger partial charge in [-0.25, -0.2) is 0 Å². The van der Waals surface area contributed by atoms with Gasteiger partial charge in [0.25, 0.3) is 5.91 Å². The van der Waals surface area contributed by atoms with E-state index in [0.717, 1.165) is 16.0 Å². The van der Waals surface area contributed by atoms with Crippen LogP contribution in [0.5, 0.6) is 11.5 Å². The Balaban J connectivity index is 0.875. The number of nitriles is 1. The Bertz CT molecular complexity index is 2350. The Labute approximate surface area is 395 Å². The van der Waals surface area contributed by atoms with E-state index in [0.29, 0.717) is 27.6 Å². The second-order valence-corrected chi connectivity index (χ2v) is 20.2. The number of aliphatic hydroxyl groups excluding tert-OH is 1. The van der Waals surface area contributed by atoms with Gasteiger partial charge in [0, 0.05) is 54.2 Å². The number of amides is 4. The van der Waals surface area contributed by atoms with E-state index >= 15 is 0 Å². The molecule has 0 radical (unpaired) electrons. The van der Waals surface area contributed by atoms with E-state index in [9.17, 15) is 29.5 Å². The minimum absolute atomic E-state index is 0.0289. The molecule has 6 rings (SSSR count). The van der Waals surface area contributed by atoms with Gasteiger partial charge >= 0.3 is 0 Å². The van der Waals surface area contributed by atoms with Crippen molar-refractivity contribution in [3.63, 3.8) is 0 Å². The minimum atomic E-state index is -0.983. The highest BCUT2D eigenvalue weighted by Gasteiger charge is 2.64. The smallest absolute Gasteiger partial charge is 0.251 e. The molecule has 1 aromatic heterocycles. The van der Waals surface area contributed by atoms with Crippen molar-refractivity contribution in [1.29, 1.82) is 5.26 Å². The maximum Gasteiger partial charge on any atom is 0.251 e. The second kappa shape index (κ2) is 21.4. The summed E-state index contributed by atoms with van der Waals surface area (Å²) in [5.74, 6) is -0.437. The van der Waals surface area contributed by atoms with Crippen LogP contribution < -0.4 is 25.4 Å². The van der Waals surface area contributed by atoms with Crippen LogP contribution >= 0.6 is 22.9 Å². The Morgan fingerprint density at radius 3 is 2.26 bits per heavy atom. The molecule has 0 spiro atoms. The first-order chi connectivity index (χ1) is 31.3. The quantitative estimate of drug-likeness (QED) is 0.0784. The van der Waals surface area contributed by atoms with E-state index in [1.807, 2.05) is 72.7 Å². The SMILES string of the molecule is CC(C)(C)[C@H](NC(=O)COCCOCCOc1ccc(C(=O)N[C@H]2C(C)(C)[C@H](Oc3ccc(C#N)c(Cl)c3)C2(C)C)cc1)C(=O)N1C[C@H](O)C[C@H]1C(=O)NCc1ccc(-c2cncs2)cc1. The molecule has 4 aromatic rings. The third kappa shape index (κ3) is 12.1. The summed E-state index contributed by atoms with van der Waals surface area (Å²) >= 11 is 7.76. The third-order valence-electron chi connectivity index (χ3n) is 12.1. The van der Waals surface area contributed by atoms with Gasteiger partial charge in [0.05, 0.1) is 46.9 Å². The molecule has 3 aromatic carbocycles. The van der Waals surface area contributed by atoms with Gasteiger partial charge < -0.3 is 44.9 Å². The van der Waals surface area contributed by atoms with Crippen molar-refractivity contribution in [2.45, 2.75) is 91.8 Å². The first kappa shape index (κ1) is 49.9. The summed E-state index contributed by atoms with van der Waals surface area (Å²) in [6, 6.07) is 19.6. The number of benzene rings is 3. The molecule has 1 aliphatic heterocycles. The zero-order valence-corrected chi connectivity index (χ0v) is 40.0. The average Bonchev–Trinajstić information content (AvgIpc) is 3.97. The van der Waals surface area contributed by atoms with Gasteiger partial charge in [-0.1, -0.05) is 84.3 Å². The van der Waals surface area contributed by atoms with Crippen molar-refractivity contribution in [2.75, 3.05) is 39.6 Å². The van der Waals surface area contributed by atoms with E-state index in [2.05, 4.69) is 27.0 Å². The normalized spacial score (nSPS) is 20.0. The number of aliphatic hydroxyl groups is 1. The predicted octanol–water partition coefficient (Wildman–Crippen LogP) is 6.17. The van der Waals surface area contributed by atoms with Crippen LogP contribution in [-0.4, -0.2) is 109 Å². The van der Waals surface area contributed by atoms with E-state index < -0.39 is 46.2 Å². The van der Waals surface area contributed by atoms with Crippen molar-refractivity contribution in [1.82, 2.24) is 25.8 Å². The Hall–Kier alpha value is -5.57. The van der Waals surface area contributed by atoms with E-state index in [1.165, 1.54) is 16.2 Å². The Morgan fingerprint density at radius 1 is 0.955 bits per heavy atom. The fraction of sp³-hybridized carbons (Fsp3) is 0.469. The number of rotatable bonds is 19. The molecule has 1 aliphatic carbocycles. The molecule has 0 bridgehead atoms. The first-order valence-electron chi connectivity index (χ1n) is 21.9. The monoisotopic (exact) mass is 942 g/mol. The fourth-order valence-electron chi connectivity index (χ4n) is 8.89. The first-order valence-corrected chi connectivity index (χ1v) is 23.1. The largest absolute Gasteiger partial charge is 0.491 e. The Kier molecular flexibility index (Phi) is 16.1. The van der Waals surface area contributed by atoms with Crippen LogP contribution in [0.15, 0.2) is 78.4 Å². The van der Waals surface area contributed by atoms with Gasteiger partial charge in [-0.3, -0.25) is 24.2 Å². The molecule has 17 heteroatoms. The lowest BCUT2D eigenvalue weighted by molar-refractivity contribution is -0.164. The molecule has 0 unspecified atom stereocenters. The van der Waals surface area contributed by atoms with Gasteiger partial charge in [-0.2, -0.15) is 5.26 Å². The number of aromatic nitrogens is 1. The van der Waals surface area contributed by atoms with Gasteiger partial charge in [0.15, 0.2) is 0 Å². The molecule has 3 atom stereocenters. The average molecular weight is 944 g/mol. The molecule has 352 valence electrons. The van der Waals surface area contributed by atoms with E-state index in [4.69, 9.17) is 30.5 Å². The molecule has 2 heterocycles. The lowest BCUT2D eigenvalue weighted by Gasteiger charge is -2.63. The highest BCUT2D eigenvalue weighted by molar-refractivity contribution is 7.13. The van der Waals surface area contributed by atoms with Crippen molar-refractivity contribution in [2.24, 2.45) is 16.2 Å². The number of likely N-dealkylation sites (tertiary alicyclic amines) is 1. The standard InChI is InChI=1S/C49H59ClN6O9S/c1-47(2,3)41(44(61)56-27-34(57)22-38(56)43(60)53-25-30-8-10-31(11-9-30)39-26-52-29-66-39)54-40(58)28-63-19-18-62-20-21-64-35-15-12-32(13-16-35)42(59)55-45-48(4,5)46(49(45,6)7)65-36-17-14-33(24-51)37(50)23-36/h8-17,23,26,29,34,38,41,45-46,57H,18-22,25,27-28H2,1-7H3,(H,53,60)(H,54,58)(H,55,59)/t34-,38+,41-,45-,46-/m1/s1. The number of nitrogens with zero attached hydrogens (tertiary/aromatic N) is 3. The number of hydrogen-bond donors (Lipinski definition) is 4. The van der Waals surface area contributed by atoms with Crippen molar-refractivity contribution >= 4 is 46.6 Å². The van der Waals surface area contributed by atoms with Crippen LogP contribution in [0.2, 0.25) is 5.02 Å². The second-order valence-electron chi connectivity index (χ2n) is 18.9. The van der Waals surface area contributed by atoms with Crippen molar-refractivity contribution in [3.05, 3.63) is 100 Å².